The van der Waals surface area contributed by atoms with E-state index in [1.165, 1.54) is 12.1 Å². The molecule has 0 unspecified atom stereocenters. The van der Waals surface area contributed by atoms with Crippen molar-refractivity contribution < 1.29 is 9.13 Å². The zero-order chi connectivity index (χ0) is 13.2. The average Bonchev–Trinajstić information content (AvgIpc) is 2.37. The van der Waals surface area contributed by atoms with Gasteiger partial charge in [-0.2, -0.15) is 0 Å². The van der Waals surface area contributed by atoms with Crippen molar-refractivity contribution in [1.29, 1.82) is 0 Å². The van der Waals surface area contributed by atoms with E-state index in [1.54, 1.807) is 12.1 Å². The second-order valence-corrected chi connectivity index (χ2v) is 4.42. The van der Waals surface area contributed by atoms with Crippen molar-refractivity contribution in [2.45, 2.75) is 12.8 Å². The molecular formula is C14H23FN2O. The smallest absolute Gasteiger partial charge is 0.123 e. The summed E-state index contributed by atoms with van der Waals surface area (Å²) in [6, 6.07) is 6.15. The molecule has 0 heterocycles. The summed E-state index contributed by atoms with van der Waals surface area (Å²) in [5.74, 6) is 0.501. The van der Waals surface area contributed by atoms with Crippen LogP contribution in [-0.2, 0) is 0 Å². The van der Waals surface area contributed by atoms with Crippen molar-refractivity contribution in [2.75, 3.05) is 40.3 Å². The average molecular weight is 254 g/mol. The Kier molecular flexibility index (Phi) is 7.37. The molecule has 0 aliphatic heterocycles. The Morgan fingerprint density at radius 2 is 1.83 bits per heavy atom. The molecule has 0 saturated carbocycles. The molecule has 18 heavy (non-hydrogen) atoms. The van der Waals surface area contributed by atoms with Crippen molar-refractivity contribution in [3.63, 3.8) is 0 Å². The minimum absolute atomic E-state index is 0.230. The molecule has 0 fully saturated rings. The molecule has 0 atom stereocenters. The van der Waals surface area contributed by atoms with E-state index in [0.717, 1.165) is 38.2 Å². The van der Waals surface area contributed by atoms with Crippen LogP contribution in [0.15, 0.2) is 24.3 Å². The second kappa shape index (κ2) is 8.89. The Morgan fingerprint density at radius 3 is 2.50 bits per heavy atom. The number of halogens is 1. The summed E-state index contributed by atoms with van der Waals surface area (Å²) in [5, 5.41) is 3.13. The topological polar surface area (TPSA) is 24.5 Å². The van der Waals surface area contributed by atoms with Gasteiger partial charge in [0, 0.05) is 6.54 Å². The van der Waals surface area contributed by atoms with Gasteiger partial charge in [0.05, 0.1) is 6.61 Å². The Hall–Kier alpha value is -1.13. The number of hydrogen-bond donors (Lipinski definition) is 1. The predicted molar refractivity (Wildman–Crippen MR) is 72.6 cm³/mol. The second-order valence-electron chi connectivity index (χ2n) is 4.42. The number of nitrogens with one attached hydrogen (secondary N) is 1. The third-order valence-electron chi connectivity index (χ3n) is 2.73. The molecule has 0 radical (unpaired) electrons. The molecule has 3 nitrogen and oxygen atoms in total. The first-order valence-corrected chi connectivity index (χ1v) is 6.44. The number of benzene rings is 1. The lowest BCUT2D eigenvalue weighted by Crippen LogP contribution is -2.24. The molecule has 0 aromatic heterocycles. The Labute approximate surface area is 109 Å². The summed E-state index contributed by atoms with van der Waals surface area (Å²) in [5.41, 5.74) is 0. The molecule has 0 amide bonds. The third-order valence-corrected chi connectivity index (χ3v) is 2.73. The van der Waals surface area contributed by atoms with Crippen LogP contribution in [0.5, 0.6) is 5.75 Å². The van der Waals surface area contributed by atoms with Gasteiger partial charge in [-0.3, -0.25) is 0 Å². The lowest BCUT2D eigenvalue weighted by molar-refractivity contribution is 0.261. The van der Waals surface area contributed by atoms with E-state index in [0.29, 0.717) is 6.61 Å². The lowest BCUT2D eigenvalue weighted by Gasteiger charge is -2.16. The molecule has 0 spiro atoms. The van der Waals surface area contributed by atoms with E-state index < -0.39 is 0 Å². The molecule has 0 bridgehead atoms. The van der Waals surface area contributed by atoms with Gasteiger partial charge < -0.3 is 15.0 Å². The first-order chi connectivity index (χ1) is 8.72. The fraction of sp³-hybridized carbons (Fsp3) is 0.571. The van der Waals surface area contributed by atoms with Crippen LogP contribution in [0.3, 0.4) is 0 Å². The van der Waals surface area contributed by atoms with Crippen LogP contribution in [-0.4, -0.2) is 45.2 Å². The van der Waals surface area contributed by atoms with Crippen LogP contribution >= 0.6 is 0 Å². The van der Waals surface area contributed by atoms with E-state index in [-0.39, 0.29) is 5.82 Å². The first kappa shape index (κ1) is 14.9. The van der Waals surface area contributed by atoms with Crippen molar-refractivity contribution >= 4 is 0 Å². The molecule has 0 aliphatic rings. The molecule has 1 N–H and O–H groups in total. The minimum Gasteiger partial charge on any atom is -0.494 e. The van der Waals surface area contributed by atoms with Gasteiger partial charge in [-0.25, -0.2) is 4.39 Å². The number of hydrogen-bond acceptors (Lipinski definition) is 3. The van der Waals surface area contributed by atoms with E-state index in [2.05, 4.69) is 17.3 Å². The van der Waals surface area contributed by atoms with Crippen LogP contribution in [0.25, 0.3) is 0 Å². The fourth-order valence-electron chi connectivity index (χ4n) is 1.69. The van der Waals surface area contributed by atoms with E-state index in [9.17, 15) is 4.39 Å². The maximum atomic E-state index is 12.7. The Balaban J connectivity index is 2.05. The molecule has 4 heteroatoms. The number of rotatable bonds is 9. The maximum Gasteiger partial charge on any atom is 0.123 e. The highest BCUT2D eigenvalue weighted by atomic mass is 19.1. The van der Waals surface area contributed by atoms with Crippen LogP contribution in [0.2, 0.25) is 0 Å². The van der Waals surface area contributed by atoms with Gasteiger partial charge in [-0.05, 0) is 64.3 Å². The van der Waals surface area contributed by atoms with Crippen LogP contribution in [0, 0.1) is 5.82 Å². The Bertz CT molecular complexity index is 316. The Morgan fingerprint density at radius 1 is 1.17 bits per heavy atom. The third kappa shape index (κ3) is 6.57. The zero-order valence-corrected chi connectivity index (χ0v) is 11.3. The van der Waals surface area contributed by atoms with Gasteiger partial charge in [0.25, 0.3) is 0 Å². The van der Waals surface area contributed by atoms with Gasteiger partial charge in [-0.15, -0.1) is 0 Å². The highest BCUT2D eigenvalue weighted by molar-refractivity contribution is 5.21. The SMILES string of the molecule is CNCCCN(C)CCCOc1ccc(F)cc1. The summed E-state index contributed by atoms with van der Waals surface area (Å²) in [6.45, 7) is 3.83. The van der Waals surface area contributed by atoms with Crippen LogP contribution < -0.4 is 10.1 Å². The maximum absolute atomic E-state index is 12.7. The van der Waals surface area contributed by atoms with Crippen LogP contribution in [0.1, 0.15) is 12.8 Å². The predicted octanol–water partition coefficient (Wildman–Crippen LogP) is 2.14. The summed E-state index contributed by atoms with van der Waals surface area (Å²) >= 11 is 0. The van der Waals surface area contributed by atoms with E-state index in [4.69, 9.17) is 4.74 Å². The quantitative estimate of drug-likeness (QED) is 0.683. The van der Waals surface area contributed by atoms with Crippen molar-refractivity contribution in [3.05, 3.63) is 30.1 Å². The van der Waals surface area contributed by atoms with Gasteiger partial charge >= 0.3 is 0 Å². The van der Waals surface area contributed by atoms with Crippen molar-refractivity contribution in [2.24, 2.45) is 0 Å². The molecule has 0 aliphatic carbocycles. The summed E-state index contributed by atoms with van der Waals surface area (Å²) in [7, 11) is 4.09. The standard InChI is InChI=1S/C14H23FN2O/c1-16-9-3-10-17(2)11-4-12-18-14-7-5-13(15)6-8-14/h5-8,16H,3-4,9-12H2,1-2H3. The molecular weight excluding hydrogens is 231 g/mol. The minimum atomic E-state index is -0.230. The number of nitrogens with zero attached hydrogens (tertiary/aromatic N) is 1. The summed E-state index contributed by atoms with van der Waals surface area (Å²) in [4.78, 5) is 2.30. The summed E-state index contributed by atoms with van der Waals surface area (Å²) < 4.78 is 18.2. The van der Waals surface area contributed by atoms with E-state index >= 15 is 0 Å². The van der Waals surface area contributed by atoms with Gasteiger partial charge in [-0.1, -0.05) is 0 Å². The highest BCUT2D eigenvalue weighted by Gasteiger charge is 1.99. The lowest BCUT2D eigenvalue weighted by atomic mass is 10.3. The number of ether oxygens (including phenoxy) is 1. The van der Waals surface area contributed by atoms with Gasteiger partial charge in [0.1, 0.15) is 11.6 Å². The highest BCUT2D eigenvalue weighted by Crippen LogP contribution is 2.11. The molecule has 1 aromatic carbocycles. The molecule has 102 valence electrons. The fourth-order valence-corrected chi connectivity index (χ4v) is 1.69. The molecule has 1 aromatic rings. The van der Waals surface area contributed by atoms with Crippen molar-refractivity contribution in [1.82, 2.24) is 10.2 Å². The monoisotopic (exact) mass is 254 g/mol. The first-order valence-electron chi connectivity index (χ1n) is 6.44. The van der Waals surface area contributed by atoms with Gasteiger partial charge in [0.2, 0.25) is 0 Å². The normalized spacial score (nSPS) is 10.9. The van der Waals surface area contributed by atoms with E-state index in [1.807, 2.05) is 7.05 Å². The molecule has 0 saturated heterocycles. The van der Waals surface area contributed by atoms with Crippen molar-refractivity contribution in [3.8, 4) is 5.75 Å². The summed E-state index contributed by atoms with van der Waals surface area (Å²) in [6.07, 6.45) is 2.14. The van der Waals surface area contributed by atoms with Gasteiger partial charge in [0.15, 0.2) is 0 Å². The molecule has 1 rings (SSSR count). The van der Waals surface area contributed by atoms with Crippen LogP contribution in [0.4, 0.5) is 4.39 Å². The zero-order valence-electron chi connectivity index (χ0n) is 11.3. The largest absolute Gasteiger partial charge is 0.494 e.